The number of fused-ring (bicyclic) bond motifs is 1. The number of carbonyl (C=O) groups excluding carboxylic acids is 2. The fourth-order valence-electron chi connectivity index (χ4n) is 4.03. The predicted octanol–water partition coefficient (Wildman–Crippen LogP) is 2.51. The molecule has 2 aliphatic rings. The lowest BCUT2D eigenvalue weighted by atomic mass is 10.0. The molecular weight excluding hydrogens is 368 g/mol. The molecule has 1 atom stereocenters. The van der Waals surface area contributed by atoms with Crippen LogP contribution < -0.4 is 4.74 Å². The normalized spacial score (nSPS) is 18.9. The first kappa shape index (κ1) is 19.4. The fraction of sp³-hybridized carbons (Fsp3) is 0.455. The number of carbonyl (C=O) groups is 2. The van der Waals surface area contributed by atoms with Crippen molar-refractivity contribution in [3.05, 3.63) is 53.6 Å². The number of rotatable bonds is 4. The molecule has 2 amide bonds. The summed E-state index contributed by atoms with van der Waals surface area (Å²) in [5, 5.41) is 0. The molecule has 2 aliphatic heterocycles. The van der Waals surface area contributed by atoms with Gasteiger partial charge in [0, 0.05) is 44.7 Å². The van der Waals surface area contributed by atoms with Gasteiger partial charge in [0.1, 0.15) is 5.75 Å². The van der Waals surface area contributed by atoms with Crippen LogP contribution in [0, 0.1) is 0 Å². The van der Waals surface area contributed by atoms with Crippen LogP contribution in [0.5, 0.6) is 5.75 Å². The number of ether oxygens (including phenoxy) is 1. The van der Waals surface area contributed by atoms with Crippen molar-refractivity contribution in [2.24, 2.45) is 0 Å². The number of hydrogen-bond acceptors (Lipinski definition) is 5. The van der Waals surface area contributed by atoms with E-state index in [1.807, 2.05) is 41.4 Å². The summed E-state index contributed by atoms with van der Waals surface area (Å²) in [4.78, 5) is 37.5. The number of piperidine rings is 1. The van der Waals surface area contributed by atoms with E-state index in [0.717, 1.165) is 42.9 Å². The van der Waals surface area contributed by atoms with Gasteiger partial charge in [-0.05, 0) is 31.4 Å². The summed E-state index contributed by atoms with van der Waals surface area (Å²) in [6, 6.07) is 9.31. The minimum atomic E-state index is -0.0429. The highest BCUT2D eigenvalue weighted by atomic mass is 16.5. The molecule has 0 spiro atoms. The van der Waals surface area contributed by atoms with Gasteiger partial charge in [0.05, 0.1) is 11.7 Å². The van der Waals surface area contributed by atoms with E-state index in [4.69, 9.17) is 9.72 Å². The Balaban J connectivity index is 1.41. The number of amides is 2. The molecule has 0 aliphatic carbocycles. The number of hydrogen-bond donors (Lipinski definition) is 0. The first-order valence-corrected chi connectivity index (χ1v) is 10.2. The number of nitrogens with zero attached hydrogens (tertiary/aromatic N) is 4. The Labute approximate surface area is 170 Å². The van der Waals surface area contributed by atoms with E-state index in [9.17, 15) is 9.59 Å². The molecule has 1 fully saturated rings. The molecule has 0 radical (unpaired) electrons. The van der Waals surface area contributed by atoms with Crippen molar-refractivity contribution in [1.29, 1.82) is 0 Å². The Bertz CT molecular complexity index is 887. The third kappa shape index (κ3) is 4.39. The van der Waals surface area contributed by atoms with Crippen molar-refractivity contribution in [2.75, 3.05) is 19.7 Å². The molecule has 0 bridgehead atoms. The van der Waals surface area contributed by atoms with Gasteiger partial charge in [-0.1, -0.05) is 18.2 Å². The van der Waals surface area contributed by atoms with Crippen LogP contribution >= 0.6 is 0 Å². The lowest BCUT2D eigenvalue weighted by Crippen LogP contribution is -2.40. The smallest absolute Gasteiger partial charge is 0.260 e. The van der Waals surface area contributed by atoms with Gasteiger partial charge < -0.3 is 14.5 Å². The first-order chi connectivity index (χ1) is 14.1. The molecule has 1 saturated heterocycles. The Kier molecular flexibility index (Phi) is 5.74. The summed E-state index contributed by atoms with van der Waals surface area (Å²) >= 11 is 0. The van der Waals surface area contributed by atoms with Crippen LogP contribution in [-0.4, -0.2) is 51.3 Å². The van der Waals surface area contributed by atoms with Crippen LogP contribution in [0.1, 0.15) is 49.3 Å². The largest absolute Gasteiger partial charge is 0.484 e. The van der Waals surface area contributed by atoms with Crippen LogP contribution in [0.3, 0.4) is 0 Å². The molecule has 1 aromatic carbocycles. The average Bonchev–Trinajstić information content (AvgIpc) is 2.77. The highest BCUT2D eigenvalue weighted by Crippen LogP contribution is 2.30. The summed E-state index contributed by atoms with van der Waals surface area (Å²) in [7, 11) is 0. The maximum absolute atomic E-state index is 12.5. The van der Waals surface area contributed by atoms with Crippen molar-refractivity contribution in [3.63, 3.8) is 0 Å². The van der Waals surface area contributed by atoms with E-state index < -0.39 is 0 Å². The zero-order chi connectivity index (χ0) is 20.2. The first-order valence-electron chi connectivity index (χ1n) is 10.2. The minimum Gasteiger partial charge on any atom is -0.484 e. The van der Waals surface area contributed by atoms with Gasteiger partial charge in [0.15, 0.2) is 12.4 Å². The van der Waals surface area contributed by atoms with Gasteiger partial charge in [0.2, 0.25) is 5.91 Å². The Morgan fingerprint density at radius 1 is 1.17 bits per heavy atom. The fourth-order valence-corrected chi connectivity index (χ4v) is 4.03. The lowest BCUT2D eigenvalue weighted by molar-refractivity contribution is -0.134. The summed E-state index contributed by atoms with van der Waals surface area (Å²) in [5.41, 5.74) is 1.95. The van der Waals surface area contributed by atoms with Crippen molar-refractivity contribution in [3.8, 4) is 5.75 Å². The molecule has 7 nitrogen and oxygen atoms in total. The van der Waals surface area contributed by atoms with Crippen molar-refractivity contribution < 1.29 is 14.3 Å². The standard InChI is InChI=1S/C22H26N4O3/c1-16(27)26-11-6-5-9-20(26)22-23-13-17-14-25(12-10-19(17)24-22)21(28)15-29-18-7-3-2-4-8-18/h2-4,7-8,13,20H,5-6,9-12,14-15H2,1H3/t20-/m0/s1. The number of aromatic nitrogens is 2. The molecule has 0 N–H and O–H groups in total. The quantitative estimate of drug-likeness (QED) is 0.797. The maximum Gasteiger partial charge on any atom is 0.260 e. The van der Waals surface area contributed by atoms with Gasteiger partial charge in [0.25, 0.3) is 5.91 Å². The second-order valence-electron chi connectivity index (χ2n) is 7.59. The third-order valence-corrected chi connectivity index (χ3v) is 5.62. The van der Waals surface area contributed by atoms with Crippen molar-refractivity contribution in [2.45, 2.75) is 45.2 Å². The molecule has 3 heterocycles. The van der Waals surface area contributed by atoms with Gasteiger partial charge in [-0.25, -0.2) is 9.97 Å². The molecule has 0 unspecified atom stereocenters. The van der Waals surface area contributed by atoms with Crippen LogP contribution in [0.4, 0.5) is 0 Å². The van der Waals surface area contributed by atoms with E-state index in [2.05, 4.69) is 4.98 Å². The van der Waals surface area contributed by atoms with Gasteiger partial charge in [-0.2, -0.15) is 0 Å². The van der Waals surface area contributed by atoms with E-state index in [-0.39, 0.29) is 24.5 Å². The summed E-state index contributed by atoms with van der Waals surface area (Å²) in [6.45, 7) is 3.50. The van der Waals surface area contributed by atoms with E-state index in [1.54, 1.807) is 11.8 Å². The molecule has 152 valence electrons. The second kappa shape index (κ2) is 8.59. The van der Waals surface area contributed by atoms with Crippen molar-refractivity contribution in [1.82, 2.24) is 19.8 Å². The summed E-state index contributed by atoms with van der Waals surface area (Å²) < 4.78 is 5.58. The molecule has 7 heteroatoms. The SMILES string of the molecule is CC(=O)N1CCCC[C@H]1c1ncc2c(n1)CCN(C(=O)COc1ccccc1)C2. The minimum absolute atomic E-state index is 0.0218. The highest BCUT2D eigenvalue weighted by Gasteiger charge is 2.30. The second-order valence-corrected chi connectivity index (χ2v) is 7.59. The topological polar surface area (TPSA) is 75.6 Å². The zero-order valence-corrected chi connectivity index (χ0v) is 16.7. The third-order valence-electron chi connectivity index (χ3n) is 5.62. The summed E-state index contributed by atoms with van der Waals surface area (Å²) in [5.74, 6) is 1.45. The molecule has 2 aromatic rings. The molecule has 1 aromatic heterocycles. The molecule has 29 heavy (non-hydrogen) atoms. The highest BCUT2D eigenvalue weighted by molar-refractivity contribution is 5.78. The van der Waals surface area contributed by atoms with Crippen LogP contribution in [0.15, 0.2) is 36.5 Å². The average molecular weight is 394 g/mol. The molecular formula is C22H26N4O3. The van der Waals surface area contributed by atoms with Crippen LogP contribution in [0.2, 0.25) is 0 Å². The number of likely N-dealkylation sites (tertiary alicyclic amines) is 1. The maximum atomic E-state index is 12.5. The number of benzene rings is 1. The van der Waals surface area contributed by atoms with Gasteiger partial charge >= 0.3 is 0 Å². The molecule has 0 saturated carbocycles. The predicted molar refractivity (Wildman–Crippen MR) is 107 cm³/mol. The Morgan fingerprint density at radius 2 is 2.00 bits per heavy atom. The Morgan fingerprint density at radius 3 is 2.79 bits per heavy atom. The van der Waals surface area contributed by atoms with Gasteiger partial charge in [-0.3, -0.25) is 9.59 Å². The van der Waals surface area contributed by atoms with E-state index >= 15 is 0 Å². The van der Waals surface area contributed by atoms with Crippen LogP contribution in [0.25, 0.3) is 0 Å². The number of para-hydroxylation sites is 1. The Hall–Kier alpha value is -2.96. The lowest BCUT2D eigenvalue weighted by Gasteiger charge is -2.35. The van der Waals surface area contributed by atoms with E-state index in [1.165, 1.54) is 0 Å². The summed E-state index contributed by atoms with van der Waals surface area (Å²) in [6.07, 6.45) is 5.53. The molecule has 4 rings (SSSR count). The monoisotopic (exact) mass is 394 g/mol. The van der Waals surface area contributed by atoms with E-state index in [0.29, 0.717) is 25.3 Å². The van der Waals surface area contributed by atoms with Gasteiger partial charge in [-0.15, -0.1) is 0 Å². The zero-order valence-electron chi connectivity index (χ0n) is 16.7. The van der Waals surface area contributed by atoms with Crippen LogP contribution in [-0.2, 0) is 22.6 Å². The van der Waals surface area contributed by atoms with Crippen molar-refractivity contribution >= 4 is 11.8 Å².